The third-order valence-corrected chi connectivity index (χ3v) is 6.83. The van der Waals surface area contributed by atoms with E-state index in [1.807, 2.05) is 25.1 Å². The Balaban J connectivity index is 1.49. The predicted octanol–water partition coefficient (Wildman–Crippen LogP) is 5.42. The molecule has 0 bridgehead atoms. The van der Waals surface area contributed by atoms with Crippen LogP contribution in [-0.2, 0) is 10.5 Å². The lowest BCUT2D eigenvalue weighted by Gasteiger charge is -2.32. The molecular formula is C24H32N2OS. The van der Waals surface area contributed by atoms with Crippen LogP contribution in [0.3, 0.4) is 0 Å². The minimum absolute atomic E-state index is 0.0164. The van der Waals surface area contributed by atoms with Crippen molar-refractivity contribution in [2.45, 2.75) is 50.7 Å². The third-order valence-electron chi connectivity index (χ3n) is 5.61. The Morgan fingerprint density at radius 1 is 1.07 bits per heavy atom. The number of nitrogens with one attached hydrogen (secondary N) is 1. The molecule has 0 aliphatic carbocycles. The topological polar surface area (TPSA) is 32.3 Å². The number of hydrogen-bond donors (Lipinski definition) is 1. The molecule has 0 saturated carbocycles. The maximum absolute atomic E-state index is 12.6. The normalized spacial score (nSPS) is 17.2. The number of anilines is 1. The van der Waals surface area contributed by atoms with Gasteiger partial charge in [0.05, 0.1) is 11.3 Å². The molecule has 0 aromatic heterocycles. The molecule has 2 atom stereocenters. The highest BCUT2D eigenvalue weighted by molar-refractivity contribution is 7.99. The molecular weight excluding hydrogens is 364 g/mol. The second kappa shape index (κ2) is 10.0. The number of thioether (sulfide) groups is 1. The molecule has 1 saturated heterocycles. The molecule has 1 aliphatic rings. The fraction of sp³-hybridized carbons (Fsp3) is 0.458. The number of carbonyl (C=O) groups excluding carboxylic acids is 1. The summed E-state index contributed by atoms with van der Waals surface area (Å²) in [5.41, 5.74) is 3.70. The van der Waals surface area contributed by atoms with E-state index in [9.17, 15) is 4.79 Å². The van der Waals surface area contributed by atoms with Crippen LogP contribution in [0.2, 0.25) is 0 Å². The van der Waals surface area contributed by atoms with Crippen LogP contribution < -0.4 is 10.2 Å². The number of benzene rings is 2. The molecule has 4 heteroatoms. The Bertz CT molecular complexity index is 739. The van der Waals surface area contributed by atoms with Crippen molar-refractivity contribution in [3.05, 3.63) is 65.7 Å². The van der Waals surface area contributed by atoms with Gasteiger partial charge in [0.2, 0.25) is 5.91 Å². The van der Waals surface area contributed by atoms with Gasteiger partial charge in [-0.1, -0.05) is 49.4 Å². The average Bonchev–Trinajstić information content (AvgIpc) is 2.73. The standard InChI is InChI=1S/C24H32N2OS/c1-18-13-15-26(16-14-18)23-11-9-22(10-12-23)19(2)25-24(27)20(3)28-17-21-7-5-4-6-8-21/h4-12,18-20H,13-17H2,1-3H3,(H,25,27)/t19-,20-/m1/s1. The van der Waals surface area contributed by atoms with Crippen LogP contribution in [-0.4, -0.2) is 24.2 Å². The SMILES string of the molecule is CC1CCN(c2ccc([C@@H](C)NC(=O)[C@@H](C)SCc3ccccc3)cc2)CC1. The summed E-state index contributed by atoms with van der Waals surface area (Å²) in [5.74, 6) is 1.79. The summed E-state index contributed by atoms with van der Waals surface area (Å²) in [4.78, 5) is 15.0. The first-order valence-electron chi connectivity index (χ1n) is 10.3. The van der Waals surface area contributed by atoms with Gasteiger partial charge in [0, 0.05) is 24.5 Å². The van der Waals surface area contributed by atoms with E-state index < -0.39 is 0 Å². The van der Waals surface area contributed by atoms with Gasteiger partial charge < -0.3 is 10.2 Å². The van der Waals surface area contributed by atoms with Gasteiger partial charge in [-0.05, 0) is 55.9 Å². The summed E-state index contributed by atoms with van der Waals surface area (Å²) in [6.07, 6.45) is 2.54. The highest BCUT2D eigenvalue weighted by atomic mass is 32.2. The van der Waals surface area contributed by atoms with Crippen LogP contribution in [0.15, 0.2) is 54.6 Å². The van der Waals surface area contributed by atoms with Crippen LogP contribution in [0.1, 0.15) is 50.8 Å². The van der Waals surface area contributed by atoms with Gasteiger partial charge in [-0.25, -0.2) is 0 Å². The van der Waals surface area contributed by atoms with Crippen LogP contribution in [0.5, 0.6) is 0 Å². The Kier molecular flexibility index (Phi) is 7.43. The summed E-state index contributed by atoms with van der Waals surface area (Å²) >= 11 is 1.68. The molecule has 0 radical (unpaired) electrons. The van der Waals surface area contributed by atoms with Crippen molar-refractivity contribution in [1.82, 2.24) is 5.32 Å². The average molecular weight is 397 g/mol. The summed E-state index contributed by atoms with van der Waals surface area (Å²) in [6.45, 7) is 8.66. The molecule has 1 amide bonds. The van der Waals surface area contributed by atoms with E-state index in [4.69, 9.17) is 0 Å². The highest BCUT2D eigenvalue weighted by Gasteiger charge is 2.18. The van der Waals surface area contributed by atoms with Gasteiger partial charge in [0.25, 0.3) is 0 Å². The quantitative estimate of drug-likeness (QED) is 0.678. The third kappa shape index (κ3) is 5.78. The number of amides is 1. The maximum Gasteiger partial charge on any atom is 0.233 e. The molecule has 1 heterocycles. The van der Waals surface area contributed by atoms with Gasteiger partial charge in [0.1, 0.15) is 0 Å². The van der Waals surface area contributed by atoms with Gasteiger partial charge in [-0.3, -0.25) is 4.79 Å². The molecule has 0 unspecified atom stereocenters. The number of rotatable bonds is 7. The minimum Gasteiger partial charge on any atom is -0.372 e. The van der Waals surface area contributed by atoms with Crippen molar-refractivity contribution in [1.29, 1.82) is 0 Å². The zero-order valence-electron chi connectivity index (χ0n) is 17.2. The van der Waals surface area contributed by atoms with E-state index in [1.54, 1.807) is 11.8 Å². The highest BCUT2D eigenvalue weighted by Crippen LogP contribution is 2.25. The van der Waals surface area contributed by atoms with E-state index >= 15 is 0 Å². The number of hydrogen-bond acceptors (Lipinski definition) is 3. The van der Waals surface area contributed by atoms with Gasteiger partial charge in [0.15, 0.2) is 0 Å². The van der Waals surface area contributed by atoms with Crippen LogP contribution in [0.25, 0.3) is 0 Å². The predicted molar refractivity (Wildman–Crippen MR) is 121 cm³/mol. The summed E-state index contributed by atoms with van der Waals surface area (Å²) in [5, 5.41) is 3.09. The largest absolute Gasteiger partial charge is 0.372 e. The molecule has 2 aromatic carbocycles. The lowest BCUT2D eigenvalue weighted by atomic mass is 9.98. The van der Waals surface area contributed by atoms with Crippen LogP contribution >= 0.6 is 11.8 Å². The second-order valence-corrected chi connectivity index (χ2v) is 9.26. The number of piperidine rings is 1. The number of carbonyl (C=O) groups is 1. The van der Waals surface area contributed by atoms with E-state index in [0.717, 1.165) is 30.3 Å². The second-order valence-electron chi connectivity index (χ2n) is 7.93. The Morgan fingerprint density at radius 3 is 2.36 bits per heavy atom. The zero-order chi connectivity index (χ0) is 19.9. The first-order valence-corrected chi connectivity index (χ1v) is 11.4. The lowest BCUT2D eigenvalue weighted by molar-refractivity contribution is -0.120. The monoisotopic (exact) mass is 396 g/mol. The van der Waals surface area contributed by atoms with Gasteiger partial charge in [-0.15, -0.1) is 11.8 Å². The van der Waals surface area contributed by atoms with Gasteiger partial charge in [-0.2, -0.15) is 0 Å². The number of nitrogens with zero attached hydrogens (tertiary/aromatic N) is 1. The van der Waals surface area contributed by atoms with Crippen molar-refractivity contribution in [2.24, 2.45) is 5.92 Å². The molecule has 28 heavy (non-hydrogen) atoms. The van der Waals surface area contributed by atoms with E-state index in [2.05, 4.69) is 60.5 Å². The Morgan fingerprint density at radius 2 is 1.71 bits per heavy atom. The van der Waals surface area contributed by atoms with Crippen molar-refractivity contribution in [3.8, 4) is 0 Å². The van der Waals surface area contributed by atoms with Gasteiger partial charge >= 0.3 is 0 Å². The fourth-order valence-corrected chi connectivity index (χ4v) is 4.38. The Labute approximate surface area is 173 Å². The van der Waals surface area contributed by atoms with Crippen LogP contribution in [0, 0.1) is 5.92 Å². The molecule has 2 aromatic rings. The van der Waals surface area contributed by atoms with Crippen molar-refractivity contribution >= 4 is 23.4 Å². The summed E-state index contributed by atoms with van der Waals surface area (Å²) < 4.78 is 0. The Hall–Kier alpha value is -1.94. The molecule has 3 rings (SSSR count). The van der Waals surface area contributed by atoms with Crippen molar-refractivity contribution in [3.63, 3.8) is 0 Å². The zero-order valence-corrected chi connectivity index (χ0v) is 18.0. The van der Waals surface area contributed by atoms with Crippen molar-refractivity contribution < 1.29 is 4.79 Å². The molecule has 1 N–H and O–H groups in total. The smallest absolute Gasteiger partial charge is 0.233 e. The summed E-state index contributed by atoms with van der Waals surface area (Å²) in [6, 6.07) is 19.0. The summed E-state index contributed by atoms with van der Waals surface area (Å²) in [7, 11) is 0. The maximum atomic E-state index is 12.6. The van der Waals surface area contributed by atoms with E-state index in [-0.39, 0.29) is 17.2 Å². The molecule has 0 spiro atoms. The first kappa shape index (κ1) is 20.8. The van der Waals surface area contributed by atoms with E-state index in [1.165, 1.54) is 24.1 Å². The van der Waals surface area contributed by atoms with Crippen LogP contribution in [0.4, 0.5) is 5.69 Å². The fourth-order valence-electron chi connectivity index (χ4n) is 3.53. The molecule has 1 aliphatic heterocycles. The van der Waals surface area contributed by atoms with Crippen molar-refractivity contribution in [2.75, 3.05) is 18.0 Å². The molecule has 3 nitrogen and oxygen atoms in total. The first-order chi connectivity index (χ1) is 13.5. The molecule has 150 valence electrons. The van der Waals surface area contributed by atoms with E-state index in [0.29, 0.717) is 0 Å². The lowest BCUT2D eigenvalue weighted by Crippen LogP contribution is -2.33. The minimum atomic E-state index is -0.0720. The molecule has 1 fully saturated rings.